The highest BCUT2D eigenvalue weighted by Crippen LogP contribution is 2.23. The monoisotopic (exact) mass is 282 g/mol. The van der Waals surface area contributed by atoms with Gasteiger partial charge in [0.15, 0.2) is 11.6 Å². The molecule has 5 heteroatoms. The second-order valence-corrected chi connectivity index (χ2v) is 5.53. The molecule has 1 aliphatic rings. The number of rotatable bonds is 3. The van der Waals surface area contributed by atoms with Crippen molar-refractivity contribution in [3.8, 4) is 0 Å². The van der Waals surface area contributed by atoms with Crippen LogP contribution in [0.3, 0.4) is 0 Å². The molecule has 2 atom stereocenters. The first kappa shape index (κ1) is 14.9. The van der Waals surface area contributed by atoms with Crippen molar-refractivity contribution < 1.29 is 13.6 Å². The van der Waals surface area contributed by atoms with Crippen molar-refractivity contribution in [1.82, 2.24) is 4.90 Å². The summed E-state index contributed by atoms with van der Waals surface area (Å²) in [6, 6.07) is 3.63. The third-order valence-corrected chi connectivity index (χ3v) is 3.91. The first-order valence-corrected chi connectivity index (χ1v) is 6.94. The van der Waals surface area contributed by atoms with Gasteiger partial charge in [-0.3, -0.25) is 4.79 Å². The lowest BCUT2D eigenvalue weighted by Crippen LogP contribution is -2.49. The zero-order valence-corrected chi connectivity index (χ0v) is 11.6. The molecule has 1 saturated heterocycles. The Bertz CT molecular complexity index is 493. The third kappa shape index (κ3) is 3.33. The van der Waals surface area contributed by atoms with Crippen LogP contribution in [0.1, 0.15) is 25.3 Å². The lowest BCUT2D eigenvalue weighted by molar-refractivity contribution is -0.134. The molecule has 1 aromatic rings. The maximum absolute atomic E-state index is 13.1. The van der Waals surface area contributed by atoms with Crippen LogP contribution < -0.4 is 5.73 Å². The Morgan fingerprint density at radius 3 is 2.80 bits per heavy atom. The summed E-state index contributed by atoms with van der Waals surface area (Å²) in [5.74, 6) is -1.32. The topological polar surface area (TPSA) is 46.3 Å². The van der Waals surface area contributed by atoms with E-state index in [4.69, 9.17) is 5.73 Å². The highest BCUT2D eigenvalue weighted by atomic mass is 19.2. The molecule has 0 bridgehead atoms. The van der Waals surface area contributed by atoms with Crippen LogP contribution in [0, 0.1) is 17.6 Å². The van der Waals surface area contributed by atoms with E-state index < -0.39 is 11.6 Å². The Kier molecular flexibility index (Phi) is 4.70. The fourth-order valence-electron chi connectivity index (χ4n) is 2.73. The molecule has 2 N–H and O–H groups in total. The van der Waals surface area contributed by atoms with Crippen molar-refractivity contribution in [2.45, 2.75) is 32.2 Å². The van der Waals surface area contributed by atoms with Crippen molar-refractivity contribution in [1.29, 1.82) is 0 Å². The first-order chi connectivity index (χ1) is 9.51. The molecular formula is C15H20F2N2O. The molecule has 1 aliphatic heterocycles. The molecular weight excluding hydrogens is 262 g/mol. The molecule has 1 fully saturated rings. The molecule has 1 aromatic carbocycles. The van der Waals surface area contributed by atoms with Crippen LogP contribution in [0.4, 0.5) is 8.78 Å². The summed E-state index contributed by atoms with van der Waals surface area (Å²) in [5.41, 5.74) is 6.22. The van der Waals surface area contributed by atoms with E-state index >= 15 is 0 Å². The van der Waals surface area contributed by atoms with Gasteiger partial charge in [-0.2, -0.15) is 0 Å². The summed E-state index contributed by atoms with van der Waals surface area (Å²) in [4.78, 5) is 14.1. The van der Waals surface area contributed by atoms with Gasteiger partial charge >= 0.3 is 0 Å². The minimum atomic E-state index is -0.919. The van der Waals surface area contributed by atoms with Crippen LogP contribution in [0.2, 0.25) is 0 Å². The smallest absolute Gasteiger partial charge is 0.227 e. The number of piperidine rings is 1. The molecule has 0 spiro atoms. The summed E-state index contributed by atoms with van der Waals surface area (Å²) in [5, 5.41) is 0. The van der Waals surface area contributed by atoms with Gasteiger partial charge in [-0.05, 0) is 36.5 Å². The van der Waals surface area contributed by atoms with Gasteiger partial charge in [-0.25, -0.2) is 8.78 Å². The van der Waals surface area contributed by atoms with E-state index in [1.165, 1.54) is 6.07 Å². The summed E-state index contributed by atoms with van der Waals surface area (Å²) in [7, 11) is 0. The minimum absolute atomic E-state index is 0.0524. The van der Waals surface area contributed by atoms with Gasteiger partial charge in [-0.1, -0.05) is 13.0 Å². The zero-order chi connectivity index (χ0) is 14.7. The maximum Gasteiger partial charge on any atom is 0.227 e. The van der Waals surface area contributed by atoms with E-state index in [1.807, 2.05) is 0 Å². The highest BCUT2D eigenvalue weighted by molar-refractivity contribution is 5.79. The van der Waals surface area contributed by atoms with E-state index in [0.29, 0.717) is 24.6 Å². The number of carbonyl (C=O) groups is 1. The summed E-state index contributed by atoms with van der Waals surface area (Å²) >= 11 is 0. The Morgan fingerprint density at radius 1 is 1.40 bits per heavy atom. The number of hydrogen-bond acceptors (Lipinski definition) is 2. The van der Waals surface area contributed by atoms with Crippen molar-refractivity contribution in [2.75, 3.05) is 13.1 Å². The van der Waals surface area contributed by atoms with Gasteiger partial charge in [0.2, 0.25) is 5.91 Å². The first-order valence-electron chi connectivity index (χ1n) is 6.94. The second-order valence-electron chi connectivity index (χ2n) is 5.53. The van der Waals surface area contributed by atoms with E-state index in [0.717, 1.165) is 25.0 Å². The van der Waals surface area contributed by atoms with Crippen molar-refractivity contribution in [2.24, 2.45) is 11.7 Å². The average Bonchev–Trinajstić information content (AvgIpc) is 2.42. The van der Waals surface area contributed by atoms with Crippen molar-refractivity contribution in [3.63, 3.8) is 0 Å². The fraction of sp³-hybridized carbons (Fsp3) is 0.533. The largest absolute Gasteiger partial charge is 0.338 e. The number of likely N-dealkylation sites (tertiary alicyclic amines) is 1. The molecule has 2 rings (SSSR count). The molecule has 110 valence electrons. The van der Waals surface area contributed by atoms with Gasteiger partial charge in [0.1, 0.15) is 0 Å². The van der Waals surface area contributed by atoms with Crippen LogP contribution in [-0.4, -0.2) is 29.9 Å². The quantitative estimate of drug-likeness (QED) is 0.922. The molecule has 20 heavy (non-hydrogen) atoms. The zero-order valence-electron chi connectivity index (χ0n) is 11.6. The maximum atomic E-state index is 13.1. The van der Waals surface area contributed by atoms with Gasteiger partial charge in [0, 0.05) is 19.1 Å². The summed E-state index contributed by atoms with van der Waals surface area (Å²) in [6.07, 6.45) is 1.95. The van der Waals surface area contributed by atoms with Crippen LogP contribution in [0.15, 0.2) is 18.2 Å². The van der Waals surface area contributed by atoms with E-state index in [9.17, 15) is 13.6 Å². The molecule has 0 radical (unpaired) electrons. The normalized spacial score (nSPS) is 22.9. The Balaban J connectivity index is 2.05. The molecule has 1 heterocycles. The Labute approximate surface area is 117 Å². The van der Waals surface area contributed by atoms with Gasteiger partial charge in [0.05, 0.1) is 6.42 Å². The number of hydrogen-bond donors (Lipinski definition) is 1. The van der Waals surface area contributed by atoms with Crippen molar-refractivity contribution >= 4 is 5.91 Å². The standard InChI is InChI=1S/C15H20F2N2O/c1-10-4-5-19(12(6-10)9-18)15(20)8-11-2-3-13(16)14(17)7-11/h2-3,7,10,12H,4-6,8-9,18H2,1H3. The molecule has 1 amide bonds. The van der Waals surface area contributed by atoms with Gasteiger partial charge < -0.3 is 10.6 Å². The third-order valence-electron chi connectivity index (χ3n) is 3.91. The highest BCUT2D eigenvalue weighted by Gasteiger charge is 2.28. The molecule has 0 aliphatic carbocycles. The lowest BCUT2D eigenvalue weighted by Gasteiger charge is -2.38. The van der Waals surface area contributed by atoms with E-state index in [2.05, 4.69) is 6.92 Å². The van der Waals surface area contributed by atoms with E-state index in [-0.39, 0.29) is 18.4 Å². The number of benzene rings is 1. The predicted molar refractivity (Wildman–Crippen MR) is 73.0 cm³/mol. The van der Waals surface area contributed by atoms with Crippen molar-refractivity contribution in [3.05, 3.63) is 35.4 Å². The lowest BCUT2D eigenvalue weighted by atomic mass is 9.92. The second kappa shape index (κ2) is 6.31. The molecule has 2 unspecified atom stereocenters. The number of nitrogens with zero attached hydrogens (tertiary/aromatic N) is 1. The van der Waals surface area contributed by atoms with Crippen LogP contribution in [0.5, 0.6) is 0 Å². The van der Waals surface area contributed by atoms with Crippen LogP contribution in [0.25, 0.3) is 0 Å². The molecule has 0 aromatic heterocycles. The number of nitrogens with two attached hydrogens (primary N) is 1. The van der Waals surface area contributed by atoms with Crippen LogP contribution in [-0.2, 0) is 11.2 Å². The average molecular weight is 282 g/mol. The number of amides is 1. The Morgan fingerprint density at radius 2 is 2.15 bits per heavy atom. The predicted octanol–water partition coefficient (Wildman–Crippen LogP) is 2.09. The molecule has 0 saturated carbocycles. The Hall–Kier alpha value is -1.49. The molecule has 3 nitrogen and oxygen atoms in total. The minimum Gasteiger partial charge on any atom is -0.338 e. The number of halogens is 2. The summed E-state index contributed by atoms with van der Waals surface area (Å²) < 4.78 is 26.0. The van der Waals surface area contributed by atoms with E-state index in [1.54, 1.807) is 4.90 Å². The fourth-order valence-corrected chi connectivity index (χ4v) is 2.73. The van der Waals surface area contributed by atoms with Gasteiger partial charge in [-0.15, -0.1) is 0 Å². The SMILES string of the molecule is CC1CCN(C(=O)Cc2ccc(F)c(F)c2)C(CN)C1. The van der Waals surface area contributed by atoms with Gasteiger partial charge in [0.25, 0.3) is 0 Å². The summed E-state index contributed by atoms with van der Waals surface area (Å²) in [6.45, 7) is 3.28. The number of carbonyl (C=O) groups excluding carboxylic acids is 1. The van der Waals surface area contributed by atoms with Crippen LogP contribution >= 0.6 is 0 Å².